The average Bonchev–Trinajstić information content (AvgIpc) is 2.74. The number of benzene rings is 3. The molecule has 0 spiro atoms. The van der Waals surface area contributed by atoms with E-state index < -0.39 is 15.8 Å². The number of hydrogen-bond acceptors (Lipinski definition) is 3. The van der Waals surface area contributed by atoms with Crippen molar-refractivity contribution in [2.24, 2.45) is 0 Å². The number of hydrogen-bond donors (Lipinski definition) is 0. The van der Waals surface area contributed by atoms with Crippen molar-refractivity contribution in [3.8, 4) is 5.75 Å². The molecule has 0 atom stereocenters. The number of ether oxygens (including phenoxy) is 1. The maximum atomic E-state index is 14.1. The van der Waals surface area contributed by atoms with Crippen LogP contribution in [0.1, 0.15) is 17.5 Å². The summed E-state index contributed by atoms with van der Waals surface area (Å²) in [5, 5.41) is 0.343. The van der Waals surface area contributed by atoms with Crippen LogP contribution < -0.4 is 4.74 Å². The lowest BCUT2D eigenvalue weighted by Gasteiger charge is -2.23. The molecule has 3 rings (SSSR count). The Morgan fingerprint density at radius 3 is 2.40 bits per heavy atom. The van der Waals surface area contributed by atoms with Gasteiger partial charge < -0.3 is 4.74 Å². The zero-order chi connectivity index (χ0) is 21.6. The number of halogens is 2. The minimum Gasteiger partial charge on any atom is -0.494 e. The molecule has 0 saturated heterocycles. The smallest absolute Gasteiger partial charge is 0.243 e. The van der Waals surface area contributed by atoms with Gasteiger partial charge >= 0.3 is 0 Å². The van der Waals surface area contributed by atoms with Gasteiger partial charge in [-0.05, 0) is 54.3 Å². The van der Waals surface area contributed by atoms with Gasteiger partial charge in [0, 0.05) is 18.1 Å². The predicted molar refractivity (Wildman–Crippen MR) is 117 cm³/mol. The molecule has 0 bridgehead atoms. The van der Waals surface area contributed by atoms with Crippen molar-refractivity contribution in [3.63, 3.8) is 0 Å². The molecule has 30 heavy (non-hydrogen) atoms. The average molecular weight is 448 g/mol. The summed E-state index contributed by atoms with van der Waals surface area (Å²) in [6, 6.07) is 20.5. The van der Waals surface area contributed by atoms with E-state index in [0.29, 0.717) is 17.0 Å². The van der Waals surface area contributed by atoms with Crippen molar-refractivity contribution in [2.45, 2.75) is 24.3 Å². The van der Waals surface area contributed by atoms with Crippen molar-refractivity contribution in [1.82, 2.24) is 4.31 Å². The third-order valence-corrected chi connectivity index (χ3v) is 6.80. The Morgan fingerprint density at radius 1 is 0.967 bits per heavy atom. The summed E-state index contributed by atoms with van der Waals surface area (Å²) in [6.45, 7) is 0.335. The minimum atomic E-state index is -3.81. The molecule has 0 saturated carbocycles. The molecule has 0 fully saturated rings. The Balaban J connectivity index is 1.84. The zero-order valence-corrected chi connectivity index (χ0v) is 18.2. The molecule has 0 heterocycles. The van der Waals surface area contributed by atoms with Gasteiger partial charge in [0.15, 0.2) is 11.6 Å². The van der Waals surface area contributed by atoms with E-state index in [2.05, 4.69) is 0 Å². The quantitative estimate of drug-likeness (QED) is 0.446. The maximum absolute atomic E-state index is 14.1. The highest BCUT2D eigenvalue weighted by Crippen LogP contribution is 2.24. The van der Waals surface area contributed by atoms with E-state index in [-0.39, 0.29) is 23.7 Å². The molecule has 158 valence electrons. The molecule has 0 N–H and O–H groups in total. The van der Waals surface area contributed by atoms with Crippen LogP contribution in [0.25, 0.3) is 0 Å². The fourth-order valence-corrected chi connectivity index (χ4v) is 4.94. The van der Waals surface area contributed by atoms with Crippen molar-refractivity contribution >= 4 is 21.6 Å². The molecule has 7 heteroatoms. The van der Waals surface area contributed by atoms with Crippen LogP contribution in [-0.2, 0) is 23.0 Å². The maximum Gasteiger partial charge on any atom is 0.243 e. The summed E-state index contributed by atoms with van der Waals surface area (Å²) in [7, 11) is -2.42. The van der Waals surface area contributed by atoms with Crippen molar-refractivity contribution in [1.29, 1.82) is 0 Å². The van der Waals surface area contributed by atoms with Crippen LogP contribution in [0.4, 0.5) is 4.39 Å². The normalized spacial score (nSPS) is 11.6. The largest absolute Gasteiger partial charge is 0.494 e. The second-order valence-electron chi connectivity index (χ2n) is 6.85. The van der Waals surface area contributed by atoms with Crippen LogP contribution in [0.2, 0.25) is 5.02 Å². The SMILES string of the molecule is COc1ccc(CN(CCCc2ccccc2)S(=O)(=O)c2cccc(Cl)c2)cc1F. The van der Waals surface area contributed by atoms with E-state index in [1.54, 1.807) is 18.2 Å². The number of methoxy groups -OCH3 is 1. The monoisotopic (exact) mass is 447 g/mol. The molecule has 0 aromatic heterocycles. The molecule has 3 aromatic carbocycles. The van der Waals surface area contributed by atoms with Gasteiger partial charge in [-0.3, -0.25) is 0 Å². The van der Waals surface area contributed by atoms with Gasteiger partial charge in [0.05, 0.1) is 12.0 Å². The lowest BCUT2D eigenvalue weighted by atomic mass is 10.1. The predicted octanol–water partition coefficient (Wildman–Crippen LogP) is 5.31. The Hall–Kier alpha value is -2.41. The molecule has 0 aliphatic rings. The first-order chi connectivity index (χ1) is 14.4. The fourth-order valence-electron chi connectivity index (χ4n) is 3.18. The third-order valence-electron chi connectivity index (χ3n) is 4.72. The van der Waals surface area contributed by atoms with Crippen LogP contribution in [0, 0.1) is 5.82 Å². The second kappa shape index (κ2) is 10.1. The number of nitrogens with zero attached hydrogens (tertiary/aromatic N) is 1. The Bertz CT molecular complexity index is 1090. The molecule has 0 aliphatic carbocycles. The lowest BCUT2D eigenvalue weighted by Crippen LogP contribution is -2.32. The zero-order valence-electron chi connectivity index (χ0n) is 16.6. The van der Waals surface area contributed by atoms with E-state index in [1.807, 2.05) is 30.3 Å². The molecule has 4 nitrogen and oxygen atoms in total. The highest BCUT2D eigenvalue weighted by Gasteiger charge is 2.25. The number of aryl methyl sites for hydroxylation is 1. The minimum absolute atomic E-state index is 0.0462. The van der Waals surface area contributed by atoms with Crippen LogP contribution in [-0.4, -0.2) is 26.4 Å². The lowest BCUT2D eigenvalue weighted by molar-refractivity contribution is 0.382. The van der Waals surface area contributed by atoms with Crippen molar-refractivity contribution in [3.05, 3.63) is 94.8 Å². The highest BCUT2D eigenvalue weighted by atomic mass is 35.5. The van der Waals surface area contributed by atoms with E-state index in [1.165, 1.54) is 35.7 Å². The van der Waals surface area contributed by atoms with E-state index in [4.69, 9.17) is 16.3 Å². The summed E-state index contributed by atoms with van der Waals surface area (Å²) in [5.41, 5.74) is 1.67. The van der Waals surface area contributed by atoms with Crippen LogP contribution >= 0.6 is 11.6 Å². The summed E-state index contributed by atoms with van der Waals surface area (Å²) < 4.78 is 47.0. The van der Waals surface area contributed by atoms with Gasteiger partial charge in [0.1, 0.15) is 0 Å². The first kappa shape index (κ1) is 22.3. The standard InChI is InChI=1S/C23H23ClFNO3S/c1-29-23-13-12-19(15-22(23)25)17-26(14-6-9-18-7-3-2-4-8-18)30(27,28)21-11-5-10-20(24)16-21/h2-5,7-8,10-13,15-16H,6,9,14,17H2,1H3. The third kappa shape index (κ3) is 5.59. The fraction of sp³-hybridized carbons (Fsp3) is 0.217. The number of rotatable bonds is 9. The van der Waals surface area contributed by atoms with Gasteiger partial charge in [-0.25, -0.2) is 12.8 Å². The second-order valence-corrected chi connectivity index (χ2v) is 9.23. The molecule has 0 amide bonds. The molecule has 3 aromatic rings. The van der Waals surface area contributed by atoms with Crippen LogP contribution in [0.15, 0.2) is 77.7 Å². The Kier molecular flexibility index (Phi) is 7.48. The van der Waals surface area contributed by atoms with Gasteiger partial charge in [-0.2, -0.15) is 4.31 Å². The van der Waals surface area contributed by atoms with Crippen molar-refractivity contribution in [2.75, 3.05) is 13.7 Å². The summed E-state index contributed by atoms with van der Waals surface area (Å²) in [6.07, 6.45) is 1.36. The number of sulfonamides is 1. The van der Waals surface area contributed by atoms with E-state index in [0.717, 1.165) is 12.0 Å². The van der Waals surface area contributed by atoms with Crippen LogP contribution in [0.3, 0.4) is 0 Å². The molecule has 0 radical (unpaired) electrons. The van der Waals surface area contributed by atoms with Gasteiger partial charge in [-0.1, -0.05) is 54.1 Å². The topological polar surface area (TPSA) is 46.6 Å². The molecular formula is C23H23ClFNO3S. The van der Waals surface area contributed by atoms with Gasteiger partial charge in [0.25, 0.3) is 0 Å². The molecule has 0 unspecified atom stereocenters. The van der Waals surface area contributed by atoms with Crippen molar-refractivity contribution < 1.29 is 17.5 Å². The summed E-state index contributed by atoms with van der Waals surface area (Å²) in [5.74, 6) is -0.411. The van der Waals surface area contributed by atoms with E-state index >= 15 is 0 Å². The first-order valence-corrected chi connectivity index (χ1v) is 11.3. The summed E-state index contributed by atoms with van der Waals surface area (Å²) >= 11 is 6.01. The summed E-state index contributed by atoms with van der Waals surface area (Å²) in [4.78, 5) is 0.115. The highest BCUT2D eigenvalue weighted by molar-refractivity contribution is 7.89. The first-order valence-electron chi connectivity index (χ1n) is 9.52. The van der Waals surface area contributed by atoms with Gasteiger partial charge in [-0.15, -0.1) is 0 Å². The Labute approximate surface area is 181 Å². The van der Waals surface area contributed by atoms with E-state index in [9.17, 15) is 12.8 Å². The van der Waals surface area contributed by atoms with Gasteiger partial charge in [0.2, 0.25) is 10.0 Å². The van der Waals surface area contributed by atoms with Crippen LogP contribution in [0.5, 0.6) is 5.75 Å². The molecular weight excluding hydrogens is 425 g/mol. The Morgan fingerprint density at radius 2 is 1.73 bits per heavy atom. The molecule has 0 aliphatic heterocycles.